The van der Waals surface area contributed by atoms with Crippen molar-refractivity contribution in [3.05, 3.63) is 0 Å². The van der Waals surface area contributed by atoms with Gasteiger partial charge in [-0.3, -0.25) is 4.79 Å². The molecule has 1 aliphatic heterocycles. The molecular weight excluding hydrogens is 1060 g/mol. The van der Waals surface area contributed by atoms with Crippen molar-refractivity contribution in [3.63, 3.8) is 0 Å². The van der Waals surface area contributed by atoms with Crippen LogP contribution < -0.4 is 5.32 Å². The maximum atomic E-state index is 13.3. The highest BCUT2D eigenvalue weighted by Gasteiger charge is 2.44. The first-order chi connectivity index (χ1) is 41.7. The highest BCUT2D eigenvalue weighted by atomic mass is 16.7. The van der Waals surface area contributed by atoms with Crippen LogP contribution in [-0.4, -0.2) is 110 Å². The van der Waals surface area contributed by atoms with E-state index in [0.29, 0.717) is 19.3 Å². The zero-order chi connectivity index (χ0) is 61.7. The maximum absolute atomic E-state index is 13.3. The molecule has 0 aromatic rings. The van der Waals surface area contributed by atoms with E-state index >= 15 is 0 Å². The molecule has 1 heterocycles. The van der Waals surface area contributed by atoms with E-state index in [1.165, 1.54) is 321 Å². The van der Waals surface area contributed by atoms with Gasteiger partial charge in [0.25, 0.3) is 0 Å². The van der Waals surface area contributed by atoms with E-state index in [4.69, 9.17) is 9.47 Å². The first-order valence-corrected chi connectivity index (χ1v) is 37.9. The van der Waals surface area contributed by atoms with E-state index in [9.17, 15) is 40.5 Å². The Hall–Kier alpha value is -0.890. The van der Waals surface area contributed by atoms with Gasteiger partial charge in [-0.05, 0) is 12.8 Å². The van der Waals surface area contributed by atoms with Crippen LogP contribution in [0.2, 0.25) is 0 Å². The fourth-order valence-corrected chi connectivity index (χ4v) is 12.9. The lowest BCUT2D eigenvalue weighted by atomic mass is 9.98. The smallest absolute Gasteiger partial charge is 0.249 e. The standard InChI is InChI=1S/C74H147NO10/c1-3-5-7-9-11-13-15-17-19-21-23-25-27-29-31-32-33-34-35-36-38-40-42-44-46-48-50-52-54-56-58-60-62-67(78)73(83)75-65(64-84-74-72(82)71(81)70(80)68(63-76)85-74)69(79)66(77)61-59-57-55-53-51-49-47-45-43-41-39-37-30-28-26-24-22-20-18-16-14-12-10-8-6-4-2/h65-72,74,76-82H,3-64H2,1-2H3,(H,75,83). The van der Waals surface area contributed by atoms with E-state index in [-0.39, 0.29) is 6.42 Å². The van der Waals surface area contributed by atoms with Crippen molar-refractivity contribution in [2.75, 3.05) is 13.2 Å². The van der Waals surface area contributed by atoms with Crippen LogP contribution in [0.3, 0.4) is 0 Å². The molecule has 0 aliphatic carbocycles. The lowest BCUT2D eigenvalue weighted by Crippen LogP contribution is -2.60. The number of ether oxygens (including phenoxy) is 2. The summed E-state index contributed by atoms with van der Waals surface area (Å²) < 4.78 is 11.2. The van der Waals surface area contributed by atoms with Gasteiger partial charge in [0.1, 0.15) is 36.6 Å². The van der Waals surface area contributed by atoms with Gasteiger partial charge in [-0.1, -0.05) is 386 Å². The number of hydrogen-bond acceptors (Lipinski definition) is 10. The molecule has 8 N–H and O–H groups in total. The van der Waals surface area contributed by atoms with Crippen LogP contribution in [-0.2, 0) is 14.3 Å². The molecule has 1 saturated heterocycles. The molecule has 1 amide bonds. The first-order valence-electron chi connectivity index (χ1n) is 37.9. The third-order valence-electron chi connectivity index (χ3n) is 18.9. The lowest BCUT2D eigenvalue weighted by molar-refractivity contribution is -0.303. The number of nitrogens with one attached hydrogen (secondary N) is 1. The summed E-state index contributed by atoms with van der Waals surface area (Å²) >= 11 is 0. The summed E-state index contributed by atoms with van der Waals surface area (Å²) in [6, 6.07) is -1.17. The molecule has 508 valence electrons. The van der Waals surface area contributed by atoms with Gasteiger partial charge < -0.3 is 50.5 Å². The fraction of sp³-hybridized carbons (Fsp3) is 0.986. The SMILES string of the molecule is CCCCCCCCCCCCCCCCCCCCCCCCCCCCCCCCCCC(O)C(=O)NC(COC1OC(CO)C(O)C(O)C1O)C(O)C(O)CCCCCCCCCCCCCCCCCCCCCCCCCCCC. The Balaban J connectivity index is 2.14. The van der Waals surface area contributed by atoms with Crippen molar-refractivity contribution < 1.29 is 50.0 Å². The molecule has 85 heavy (non-hydrogen) atoms. The van der Waals surface area contributed by atoms with Crippen molar-refractivity contribution in [2.24, 2.45) is 0 Å². The van der Waals surface area contributed by atoms with Crippen LogP contribution in [0.5, 0.6) is 0 Å². The highest BCUT2D eigenvalue weighted by molar-refractivity contribution is 5.80. The molecule has 9 unspecified atom stereocenters. The Labute approximate surface area is 526 Å². The van der Waals surface area contributed by atoms with Gasteiger partial charge in [-0.2, -0.15) is 0 Å². The number of rotatable bonds is 68. The molecule has 1 rings (SSSR count). The first kappa shape index (κ1) is 82.1. The van der Waals surface area contributed by atoms with E-state index < -0.39 is 74.2 Å². The fourth-order valence-electron chi connectivity index (χ4n) is 12.9. The Morgan fingerprint density at radius 1 is 0.365 bits per heavy atom. The lowest BCUT2D eigenvalue weighted by Gasteiger charge is -2.40. The van der Waals surface area contributed by atoms with E-state index in [1.807, 2.05) is 0 Å². The predicted molar refractivity (Wildman–Crippen MR) is 358 cm³/mol. The monoisotopic (exact) mass is 1210 g/mol. The van der Waals surface area contributed by atoms with Crippen molar-refractivity contribution in [1.29, 1.82) is 0 Å². The minimum atomic E-state index is -1.66. The van der Waals surface area contributed by atoms with Gasteiger partial charge in [-0.15, -0.1) is 0 Å². The molecule has 11 nitrogen and oxygen atoms in total. The molecule has 0 radical (unpaired) electrons. The van der Waals surface area contributed by atoms with Crippen LogP contribution in [0.4, 0.5) is 0 Å². The number of carbonyl (C=O) groups excluding carboxylic acids is 1. The number of aliphatic hydroxyl groups is 7. The molecular formula is C74H147NO10. The predicted octanol–water partition coefficient (Wildman–Crippen LogP) is 18.8. The average molecular weight is 1210 g/mol. The third kappa shape index (κ3) is 50.4. The molecule has 0 saturated carbocycles. The number of hydrogen-bond donors (Lipinski definition) is 8. The molecule has 11 heteroatoms. The maximum Gasteiger partial charge on any atom is 0.249 e. The highest BCUT2D eigenvalue weighted by Crippen LogP contribution is 2.24. The molecule has 0 spiro atoms. The molecule has 0 bridgehead atoms. The number of unbranched alkanes of at least 4 members (excludes halogenated alkanes) is 56. The van der Waals surface area contributed by atoms with Crippen molar-refractivity contribution >= 4 is 5.91 Å². The van der Waals surface area contributed by atoms with Crippen LogP contribution in [0, 0.1) is 0 Å². The Morgan fingerprint density at radius 2 is 0.612 bits per heavy atom. The quantitative estimate of drug-likeness (QED) is 0.0272. The second kappa shape index (κ2) is 63.3. The van der Waals surface area contributed by atoms with Crippen molar-refractivity contribution in [1.82, 2.24) is 5.32 Å². The molecule has 0 aromatic carbocycles. The molecule has 9 atom stereocenters. The van der Waals surface area contributed by atoms with Gasteiger partial charge in [0.15, 0.2) is 6.29 Å². The second-order valence-corrected chi connectivity index (χ2v) is 27.1. The summed E-state index contributed by atoms with van der Waals surface area (Å²) in [4.78, 5) is 13.3. The summed E-state index contributed by atoms with van der Waals surface area (Å²) in [5.41, 5.74) is 0. The van der Waals surface area contributed by atoms with E-state index in [2.05, 4.69) is 19.2 Å². The normalized spacial score (nSPS) is 18.7. The van der Waals surface area contributed by atoms with Crippen molar-refractivity contribution in [3.8, 4) is 0 Å². The zero-order valence-corrected chi connectivity index (χ0v) is 56.4. The summed E-state index contributed by atoms with van der Waals surface area (Å²) in [6.07, 6.45) is 66.3. The Morgan fingerprint density at radius 3 is 0.871 bits per heavy atom. The van der Waals surface area contributed by atoms with Gasteiger partial charge in [0.05, 0.1) is 25.4 Å². The van der Waals surface area contributed by atoms with Crippen LogP contribution in [0.25, 0.3) is 0 Å². The third-order valence-corrected chi connectivity index (χ3v) is 18.9. The summed E-state index contributed by atoms with van der Waals surface area (Å²) in [7, 11) is 0. The number of carbonyl (C=O) groups is 1. The number of aliphatic hydroxyl groups excluding tert-OH is 7. The average Bonchev–Trinajstić information content (AvgIpc) is 3.51. The molecule has 0 aromatic heterocycles. The van der Waals surface area contributed by atoms with Gasteiger partial charge >= 0.3 is 0 Å². The van der Waals surface area contributed by atoms with Gasteiger partial charge in [-0.25, -0.2) is 0 Å². The number of amides is 1. The zero-order valence-electron chi connectivity index (χ0n) is 56.4. The Bertz CT molecular complexity index is 1340. The van der Waals surface area contributed by atoms with Crippen LogP contribution in [0.1, 0.15) is 399 Å². The van der Waals surface area contributed by atoms with Crippen molar-refractivity contribution in [2.45, 2.75) is 454 Å². The molecule has 1 aliphatic rings. The summed E-state index contributed by atoms with van der Waals surface area (Å²) in [5, 5.41) is 76.7. The summed E-state index contributed by atoms with van der Waals surface area (Å²) in [6.45, 7) is 3.54. The second-order valence-electron chi connectivity index (χ2n) is 27.1. The summed E-state index contributed by atoms with van der Waals surface area (Å²) in [5.74, 6) is -0.686. The molecule has 1 fully saturated rings. The van der Waals surface area contributed by atoms with E-state index in [0.717, 1.165) is 38.5 Å². The minimum absolute atomic E-state index is 0.268. The van der Waals surface area contributed by atoms with E-state index in [1.54, 1.807) is 0 Å². The van der Waals surface area contributed by atoms with Gasteiger partial charge in [0, 0.05) is 0 Å². The van der Waals surface area contributed by atoms with Crippen LogP contribution in [0.15, 0.2) is 0 Å². The minimum Gasteiger partial charge on any atom is -0.394 e. The van der Waals surface area contributed by atoms with Gasteiger partial charge in [0.2, 0.25) is 5.91 Å². The van der Waals surface area contributed by atoms with Crippen LogP contribution >= 0.6 is 0 Å². The largest absolute Gasteiger partial charge is 0.394 e. The topological polar surface area (TPSA) is 189 Å². The Kier molecular flexibility index (Phi) is 61.1.